The van der Waals surface area contributed by atoms with Crippen LogP contribution in [-0.4, -0.2) is 19.8 Å². The van der Waals surface area contributed by atoms with Crippen molar-refractivity contribution in [3.05, 3.63) is 28.5 Å². The summed E-state index contributed by atoms with van der Waals surface area (Å²) in [4.78, 5) is 0.803. The van der Waals surface area contributed by atoms with Crippen molar-refractivity contribution in [1.29, 1.82) is 0 Å². The van der Waals surface area contributed by atoms with Crippen LogP contribution in [0.4, 0.5) is 5.69 Å². The highest BCUT2D eigenvalue weighted by Crippen LogP contribution is 2.30. The molecule has 0 saturated carbocycles. The van der Waals surface area contributed by atoms with Gasteiger partial charge in [-0.25, -0.2) is 0 Å². The number of rotatable bonds is 2. The van der Waals surface area contributed by atoms with Crippen molar-refractivity contribution in [3.63, 3.8) is 0 Å². The first-order valence-electron chi connectivity index (χ1n) is 5.83. The molecule has 0 spiro atoms. The first-order chi connectivity index (χ1) is 9.04. The third-order valence-electron chi connectivity index (χ3n) is 2.70. The van der Waals surface area contributed by atoms with Crippen molar-refractivity contribution in [3.8, 4) is 10.6 Å². The van der Waals surface area contributed by atoms with Crippen molar-refractivity contribution in [2.75, 3.05) is 5.73 Å². The monoisotopic (exact) mass is 337 g/mol. The summed E-state index contributed by atoms with van der Waals surface area (Å²) in [6, 6.07) is 5.77. The molecular weight excluding hydrogens is 326 g/mol. The Morgan fingerprint density at radius 1 is 1.26 bits per heavy atom. The van der Waals surface area contributed by atoms with Crippen LogP contribution in [0.3, 0.4) is 0 Å². The molecule has 0 fully saturated rings. The molecule has 2 aromatic heterocycles. The number of hydrogen-bond acceptors (Lipinski definition) is 5. The quantitative estimate of drug-likeness (QED) is 0.728. The zero-order valence-electron chi connectivity index (χ0n) is 10.5. The van der Waals surface area contributed by atoms with Gasteiger partial charge in [-0.2, -0.15) is 9.61 Å². The van der Waals surface area contributed by atoms with Gasteiger partial charge in [0.05, 0.1) is 0 Å². The Morgan fingerprint density at radius 3 is 2.74 bits per heavy atom. The molecule has 98 valence electrons. The number of aromatic nitrogens is 4. The molecule has 0 saturated heterocycles. The summed E-state index contributed by atoms with van der Waals surface area (Å²) < 4.78 is 2.75. The van der Waals surface area contributed by atoms with Gasteiger partial charge in [0.2, 0.25) is 4.96 Å². The molecule has 0 aliphatic rings. The molecule has 3 aromatic rings. The third-order valence-corrected chi connectivity index (χ3v) is 4.10. The van der Waals surface area contributed by atoms with Crippen LogP contribution in [0.2, 0.25) is 0 Å². The summed E-state index contributed by atoms with van der Waals surface area (Å²) in [7, 11) is 0. The van der Waals surface area contributed by atoms with Crippen molar-refractivity contribution >= 4 is 37.9 Å². The van der Waals surface area contributed by atoms with Crippen molar-refractivity contribution in [2.45, 2.75) is 19.8 Å². The van der Waals surface area contributed by atoms with Crippen LogP contribution >= 0.6 is 27.3 Å². The molecule has 19 heavy (non-hydrogen) atoms. The number of nitrogens with two attached hydrogens (primary N) is 1. The number of hydrogen-bond donors (Lipinski definition) is 1. The van der Waals surface area contributed by atoms with Crippen LogP contribution in [0.1, 0.15) is 25.6 Å². The summed E-state index contributed by atoms with van der Waals surface area (Å²) in [5.41, 5.74) is 7.55. The average Bonchev–Trinajstić information content (AvgIpc) is 2.85. The molecule has 1 aromatic carbocycles. The summed E-state index contributed by atoms with van der Waals surface area (Å²) in [5, 5.41) is 13.8. The van der Waals surface area contributed by atoms with E-state index in [1.54, 1.807) is 0 Å². The topological polar surface area (TPSA) is 69.1 Å². The molecule has 0 radical (unpaired) electrons. The highest BCUT2D eigenvalue weighted by atomic mass is 79.9. The molecule has 0 atom stereocenters. The Kier molecular flexibility index (Phi) is 3.02. The Morgan fingerprint density at radius 2 is 2.05 bits per heavy atom. The molecule has 0 aliphatic heterocycles. The van der Waals surface area contributed by atoms with E-state index in [1.165, 1.54) is 11.3 Å². The fourth-order valence-electron chi connectivity index (χ4n) is 1.84. The summed E-state index contributed by atoms with van der Waals surface area (Å²) in [6.45, 7) is 4.15. The summed E-state index contributed by atoms with van der Waals surface area (Å²) in [5.74, 6) is 1.16. The number of nitrogens with zero attached hydrogens (tertiary/aromatic N) is 4. The Balaban J connectivity index is 2.15. The fraction of sp³-hybridized carbons (Fsp3) is 0.250. The molecular formula is C12H12BrN5S. The van der Waals surface area contributed by atoms with Crippen LogP contribution < -0.4 is 5.73 Å². The van der Waals surface area contributed by atoms with E-state index in [1.807, 2.05) is 22.7 Å². The average molecular weight is 338 g/mol. The Bertz CT molecular complexity index is 725. The van der Waals surface area contributed by atoms with Gasteiger partial charge in [-0.05, 0) is 18.2 Å². The van der Waals surface area contributed by atoms with Gasteiger partial charge in [-0.15, -0.1) is 10.2 Å². The van der Waals surface area contributed by atoms with Gasteiger partial charge in [0.15, 0.2) is 5.82 Å². The lowest BCUT2D eigenvalue weighted by Crippen LogP contribution is -1.98. The van der Waals surface area contributed by atoms with E-state index < -0.39 is 0 Å². The van der Waals surface area contributed by atoms with Gasteiger partial charge < -0.3 is 5.73 Å². The van der Waals surface area contributed by atoms with E-state index in [2.05, 4.69) is 45.1 Å². The van der Waals surface area contributed by atoms with Crippen molar-refractivity contribution in [1.82, 2.24) is 19.8 Å². The van der Waals surface area contributed by atoms with Gasteiger partial charge >= 0.3 is 0 Å². The molecule has 3 rings (SSSR count). The van der Waals surface area contributed by atoms with E-state index in [9.17, 15) is 0 Å². The Labute approximate surface area is 122 Å². The standard InChI is InChI=1S/C12H12BrN5S/c1-6(2)10-15-16-12-18(10)17-11(19-12)7-3-8(13)5-9(14)4-7/h3-6H,14H2,1-2H3. The van der Waals surface area contributed by atoms with Gasteiger partial charge in [0.1, 0.15) is 5.01 Å². The molecule has 7 heteroatoms. The van der Waals surface area contributed by atoms with Crippen LogP contribution in [0.5, 0.6) is 0 Å². The predicted molar refractivity (Wildman–Crippen MR) is 80.3 cm³/mol. The highest BCUT2D eigenvalue weighted by Gasteiger charge is 2.15. The molecule has 5 nitrogen and oxygen atoms in total. The van der Waals surface area contributed by atoms with Crippen LogP contribution in [0.15, 0.2) is 22.7 Å². The maximum absolute atomic E-state index is 5.86. The minimum absolute atomic E-state index is 0.289. The van der Waals surface area contributed by atoms with Crippen LogP contribution in [0, 0.1) is 0 Å². The van der Waals surface area contributed by atoms with E-state index in [4.69, 9.17) is 5.73 Å². The smallest absolute Gasteiger partial charge is 0.234 e. The minimum Gasteiger partial charge on any atom is -0.399 e. The van der Waals surface area contributed by atoms with Crippen molar-refractivity contribution < 1.29 is 0 Å². The summed E-state index contributed by atoms with van der Waals surface area (Å²) in [6.07, 6.45) is 0. The predicted octanol–water partition coefficient (Wildman–Crippen LogP) is 3.32. The normalized spacial score (nSPS) is 11.6. The minimum atomic E-state index is 0.289. The zero-order valence-corrected chi connectivity index (χ0v) is 12.9. The molecule has 0 unspecified atom stereocenters. The fourth-order valence-corrected chi connectivity index (χ4v) is 3.19. The van der Waals surface area contributed by atoms with Gasteiger partial charge in [-0.1, -0.05) is 41.1 Å². The first kappa shape index (κ1) is 12.6. The van der Waals surface area contributed by atoms with Crippen LogP contribution in [-0.2, 0) is 0 Å². The van der Waals surface area contributed by atoms with Gasteiger partial charge in [-0.3, -0.25) is 0 Å². The number of benzene rings is 1. The second-order valence-electron chi connectivity index (χ2n) is 4.59. The zero-order chi connectivity index (χ0) is 13.6. The third kappa shape index (κ3) is 2.23. The lowest BCUT2D eigenvalue weighted by molar-refractivity contribution is 0.727. The highest BCUT2D eigenvalue weighted by molar-refractivity contribution is 9.10. The lowest BCUT2D eigenvalue weighted by Gasteiger charge is -2.00. The second-order valence-corrected chi connectivity index (χ2v) is 6.46. The molecule has 0 bridgehead atoms. The molecule has 2 heterocycles. The molecule has 2 N–H and O–H groups in total. The number of fused-ring (bicyclic) bond motifs is 1. The second kappa shape index (κ2) is 4.57. The number of nitrogen functional groups attached to an aromatic ring is 1. The maximum atomic E-state index is 5.86. The van der Waals surface area contributed by atoms with Gasteiger partial charge in [0.25, 0.3) is 0 Å². The van der Waals surface area contributed by atoms with E-state index in [-0.39, 0.29) is 5.92 Å². The SMILES string of the molecule is CC(C)c1nnc2sc(-c3cc(N)cc(Br)c3)nn12. The van der Waals surface area contributed by atoms with E-state index in [0.717, 1.165) is 25.8 Å². The lowest BCUT2D eigenvalue weighted by atomic mass is 10.2. The summed E-state index contributed by atoms with van der Waals surface area (Å²) >= 11 is 4.95. The van der Waals surface area contributed by atoms with Gasteiger partial charge in [0, 0.05) is 21.6 Å². The van der Waals surface area contributed by atoms with Crippen LogP contribution in [0.25, 0.3) is 15.5 Å². The maximum Gasteiger partial charge on any atom is 0.234 e. The molecule has 0 amide bonds. The Hall–Kier alpha value is -1.47. The van der Waals surface area contributed by atoms with E-state index >= 15 is 0 Å². The first-order valence-corrected chi connectivity index (χ1v) is 7.44. The largest absolute Gasteiger partial charge is 0.399 e. The number of anilines is 1. The van der Waals surface area contributed by atoms with Crippen molar-refractivity contribution in [2.24, 2.45) is 0 Å². The molecule has 0 aliphatic carbocycles. The van der Waals surface area contributed by atoms with E-state index in [0.29, 0.717) is 5.69 Å². The number of halogens is 1.